The van der Waals surface area contributed by atoms with E-state index >= 15 is 0 Å². The fourth-order valence-electron chi connectivity index (χ4n) is 1.78. The van der Waals surface area contributed by atoms with Crippen LogP contribution in [0.4, 0.5) is 0 Å². The molecule has 23 heavy (non-hydrogen) atoms. The van der Waals surface area contributed by atoms with Crippen LogP contribution in [-0.2, 0) is 26.6 Å². The van der Waals surface area contributed by atoms with Crippen molar-refractivity contribution in [2.45, 2.75) is 11.8 Å². The van der Waals surface area contributed by atoms with E-state index in [1.54, 1.807) is 11.8 Å². The molecular weight excluding hydrogens is 348 g/mol. The second kappa shape index (κ2) is 12.0. The smallest absolute Gasteiger partial charge is 0.465 e. The topological polar surface area (TPSA) is 26.3 Å². The standard InChI is InChI=1S/C14H13O2S.C5H5.Fe/c1-11(15)16-10-12-6-5-9-14(12)17-13-7-3-2-4-8-13;1-2-4-5-3-1;/h2-9H,10H2,1H3;1-5H;/q;;+2. The molecule has 1 aromatic rings. The summed E-state index contributed by atoms with van der Waals surface area (Å²) in [5.74, 6) is 0.802. The van der Waals surface area contributed by atoms with E-state index in [1.807, 2.05) is 69.6 Å². The molecule has 10 radical (unpaired) electrons. The molecule has 0 heterocycles. The molecule has 0 aliphatic heterocycles. The number of carbonyl (C=O) groups excluding carboxylic acids is 1. The van der Waals surface area contributed by atoms with Gasteiger partial charge in [-0.05, 0) is 63.5 Å². The molecule has 2 nitrogen and oxygen atoms in total. The normalized spacial score (nSPS) is 18.0. The van der Waals surface area contributed by atoms with Crippen LogP contribution in [0.25, 0.3) is 0 Å². The Morgan fingerprint density at radius 2 is 1.57 bits per heavy atom. The summed E-state index contributed by atoms with van der Waals surface area (Å²) in [7, 11) is 0. The van der Waals surface area contributed by atoms with Gasteiger partial charge >= 0.3 is 23.0 Å². The van der Waals surface area contributed by atoms with Crippen LogP contribution in [0.2, 0.25) is 0 Å². The van der Waals surface area contributed by atoms with Crippen LogP contribution in [0.1, 0.15) is 6.92 Å². The SMILES string of the molecule is CC(=O)OC[C]1[CH][CH][CH][C]1Sc1ccccc1.[CH]1[CH][CH][CH][CH]1.[Fe+2]. The molecule has 0 aromatic heterocycles. The Bertz CT molecular complexity index is 427. The summed E-state index contributed by atoms with van der Waals surface area (Å²) in [6.07, 6.45) is 16.0. The fourth-order valence-corrected chi connectivity index (χ4v) is 2.73. The van der Waals surface area contributed by atoms with Crippen LogP contribution >= 0.6 is 11.8 Å². The van der Waals surface area contributed by atoms with Gasteiger partial charge in [-0.2, -0.15) is 0 Å². The van der Waals surface area contributed by atoms with E-state index in [9.17, 15) is 4.79 Å². The summed E-state index contributed by atoms with van der Waals surface area (Å²) < 4.78 is 5.01. The average Bonchev–Trinajstić information content (AvgIpc) is 3.21. The van der Waals surface area contributed by atoms with Crippen molar-refractivity contribution in [3.05, 3.63) is 92.9 Å². The molecule has 0 atom stereocenters. The third kappa shape index (κ3) is 8.28. The van der Waals surface area contributed by atoms with E-state index in [4.69, 9.17) is 4.74 Å². The van der Waals surface area contributed by atoms with E-state index in [-0.39, 0.29) is 23.0 Å². The third-order valence-corrected chi connectivity index (χ3v) is 3.95. The molecule has 0 bridgehead atoms. The van der Waals surface area contributed by atoms with Gasteiger partial charge in [-0.3, -0.25) is 4.79 Å². The Morgan fingerprint density at radius 3 is 2.13 bits per heavy atom. The van der Waals surface area contributed by atoms with Crippen molar-refractivity contribution in [2.75, 3.05) is 6.61 Å². The van der Waals surface area contributed by atoms with Gasteiger partial charge in [0.25, 0.3) is 0 Å². The van der Waals surface area contributed by atoms with Crippen LogP contribution < -0.4 is 0 Å². The van der Waals surface area contributed by atoms with Gasteiger partial charge in [-0.15, -0.1) is 11.8 Å². The predicted octanol–water partition coefficient (Wildman–Crippen LogP) is 4.09. The fraction of sp³-hybridized carbons (Fsp3) is 0.105. The summed E-state index contributed by atoms with van der Waals surface area (Å²) in [5, 5.41) is 1.14. The molecule has 0 amide bonds. The van der Waals surface area contributed by atoms with Gasteiger partial charge < -0.3 is 4.74 Å². The van der Waals surface area contributed by atoms with Gasteiger partial charge in [0.1, 0.15) is 0 Å². The van der Waals surface area contributed by atoms with Crippen LogP contribution in [0.5, 0.6) is 0 Å². The summed E-state index contributed by atoms with van der Waals surface area (Å²) >= 11 is 1.68. The summed E-state index contributed by atoms with van der Waals surface area (Å²) in [6.45, 7) is 1.77. The molecule has 1 aromatic carbocycles. The summed E-state index contributed by atoms with van der Waals surface area (Å²) in [6, 6.07) is 10.1. The molecule has 2 fully saturated rings. The first-order valence-corrected chi connectivity index (χ1v) is 7.85. The van der Waals surface area contributed by atoms with Crippen LogP contribution in [-0.4, -0.2) is 12.6 Å². The van der Waals surface area contributed by atoms with Crippen LogP contribution in [0.3, 0.4) is 0 Å². The zero-order chi connectivity index (χ0) is 15.6. The van der Waals surface area contributed by atoms with Gasteiger partial charge in [-0.1, -0.05) is 18.2 Å². The van der Waals surface area contributed by atoms with Gasteiger partial charge in [0.15, 0.2) is 0 Å². The van der Waals surface area contributed by atoms with Crippen LogP contribution in [0, 0.1) is 62.5 Å². The molecule has 118 valence electrons. The quantitative estimate of drug-likeness (QED) is 0.593. The zero-order valence-electron chi connectivity index (χ0n) is 12.8. The van der Waals surface area contributed by atoms with E-state index in [0.29, 0.717) is 6.61 Å². The molecule has 4 heteroatoms. The van der Waals surface area contributed by atoms with E-state index in [0.717, 1.165) is 11.2 Å². The van der Waals surface area contributed by atoms with Gasteiger partial charge in [0.05, 0.1) is 6.61 Å². The second-order valence-corrected chi connectivity index (χ2v) is 5.69. The van der Waals surface area contributed by atoms with Crippen molar-refractivity contribution in [1.29, 1.82) is 0 Å². The van der Waals surface area contributed by atoms with Crippen molar-refractivity contribution in [2.24, 2.45) is 0 Å². The Labute approximate surface area is 155 Å². The first kappa shape index (κ1) is 20.6. The van der Waals surface area contributed by atoms with E-state index in [1.165, 1.54) is 11.8 Å². The minimum Gasteiger partial charge on any atom is -0.465 e. The number of benzene rings is 1. The largest absolute Gasteiger partial charge is 2.00 e. The third-order valence-electron chi connectivity index (χ3n) is 2.82. The first-order chi connectivity index (χ1) is 10.8. The first-order valence-electron chi connectivity index (χ1n) is 7.03. The number of thioether (sulfide) groups is 1. The Morgan fingerprint density at radius 1 is 0.957 bits per heavy atom. The Kier molecular flexibility index (Phi) is 10.7. The minimum atomic E-state index is -0.248. The molecule has 2 aliphatic rings. The van der Waals surface area contributed by atoms with Gasteiger partial charge in [-0.25, -0.2) is 0 Å². The molecule has 0 saturated heterocycles. The van der Waals surface area contributed by atoms with E-state index < -0.39 is 0 Å². The summed E-state index contributed by atoms with van der Waals surface area (Å²) in [4.78, 5) is 12.0. The maximum atomic E-state index is 10.8. The number of rotatable bonds is 4. The van der Waals surface area contributed by atoms with Crippen molar-refractivity contribution in [1.82, 2.24) is 0 Å². The van der Waals surface area contributed by atoms with Crippen molar-refractivity contribution in [3.63, 3.8) is 0 Å². The molecule has 2 saturated carbocycles. The van der Waals surface area contributed by atoms with Crippen LogP contribution in [0.15, 0.2) is 35.2 Å². The van der Waals surface area contributed by atoms with Crippen molar-refractivity contribution < 1.29 is 26.6 Å². The molecule has 0 spiro atoms. The summed E-state index contributed by atoms with van der Waals surface area (Å²) in [5.41, 5.74) is 0. The maximum absolute atomic E-state index is 10.8. The zero-order valence-corrected chi connectivity index (χ0v) is 14.7. The minimum absolute atomic E-state index is 0. The van der Waals surface area contributed by atoms with Crippen molar-refractivity contribution >= 4 is 17.7 Å². The number of esters is 1. The van der Waals surface area contributed by atoms with Gasteiger partial charge in [0.2, 0.25) is 0 Å². The Hall–Kier alpha value is -0.441. The molecule has 2 aliphatic carbocycles. The number of carbonyl (C=O) groups is 1. The number of ether oxygens (including phenoxy) is 1. The maximum Gasteiger partial charge on any atom is 2.00 e. The monoisotopic (exact) mass is 366 g/mol. The molecule has 0 unspecified atom stereocenters. The Balaban J connectivity index is 0.000000377. The van der Waals surface area contributed by atoms with Crippen molar-refractivity contribution in [3.8, 4) is 0 Å². The van der Waals surface area contributed by atoms with E-state index in [2.05, 4.69) is 12.1 Å². The molecule has 0 N–H and O–H groups in total. The number of hydrogen-bond acceptors (Lipinski definition) is 3. The molecule has 3 rings (SSSR count). The second-order valence-electron chi connectivity index (χ2n) is 4.57. The predicted molar refractivity (Wildman–Crippen MR) is 89.8 cm³/mol. The van der Waals surface area contributed by atoms with Gasteiger partial charge in [0, 0.05) is 23.0 Å². The molecular formula is C19H18FeO2S+2. The average molecular weight is 366 g/mol. The number of hydrogen-bond donors (Lipinski definition) is 0.